The van der Waals surface area contributed by atoms with Crippen LogP contribution in [0.1, 0.15) is 12.5 Å². The third kappa shape index (κ3) is 4.36. The second-order valence-electron chi connectivity index (χ2n) is 7.67. The van der Waals surface area contributed by atoms with Crippen molar-refractivity contribution in [2.24, 2.45) is 4.99 Å². The van der Waals surface area contributed by atoms with Gasteiger partial charge in [0.25, 0.3) is 0 Å². The topological polar surface area (TPSA) is 51.9 Å². The van der Waals surface area contributed by atoms with Gasteiger partial charge in [-0.2, -0.15) is 5.10 Å². The first-order valence-electron chi connectivity index (χ1n) is 10.3. The molecule has 3 saturated heterocycles. The summed E-state index contributed by atoms with van der Waals surface area (Å²) in [5.74, 6) is 0.965. The van der Waals surface area contributed by atoms with Crippen LogP contribution in [0.2, 0.25) is 0 Å². The Hall–Kier alpha value is -2.38. The molecule has 3 aliphatic rings. The summed E-state index contributed by atoms with van der Waals surface area (Å²) < 4.78 is 1.92. The number of fused-ring (bicyclic) bond motifs is 3. The number of aliphatic imine (C=N–C) groups is 1. The maximum Gasteiger partial charge on any atom is 0.194 e. The molecule has 0 radical (unpaired) electrons. The average Bonchev–Trinajstić information content (AvgIpc) is 3.21. The van der Waals surface area contributed by atoms with E-state index in [1.165, 1.54) is 31.7 Å². The minimum Gasteiger partial charge on any atom is -0.357 e. The summed E-state index contributed by atoms with van der Waals surface area (Å²) >= 11 is 0. The molecule has 2 bridgehead atoms. The van der Waals surface area contributed by atoms with Crippen LogP contribution in [-0.2, 0) is 6.54 Å². The number of hydrogen-bond donors (Lipinski definition) is 1. The van der Waals surface area contributed by atoms with Crippen molar-refractivity contribution < 1.29 is 0 Å². The van der Waals surface area contributed by atoms with Crippen molar-refractivity contribution in [1.29, 1.82) is 0 Å². The standard InChI is InChI=1S/C21H31N7/c1-3-22-21(23-14-20-17-26-9-11-27(20)12-10-26)25(2)15-18-13-24-28(16-18)19-7-5-4-6-8-19/h4-8,13,16,20H,3,9-12,14-15,17H2,1-2H3,(H,22,23). The van der Waals surface area contributed by atoms with Gasteiger partial charge in [0.15, 0.2) is 5.96 Å². The first kappa shape index (κ1) is 19.0. The number of piperazine rings is 3. The monoisotopic (exact) mass is 381 g/mol. The van der Waals surface area contributed by atoms with Gasteiger partial charge in [0.1, 0.15) is 0 Å². The Kier molecular flexibility index (Phi) is 5.92. The molecule has 150 valence electrons. The summed E-state index contributed by atoms with van der Waals surface area (Å²) in [6.45, 7) is 10.6. The lowest BCUT2D eigenvalue weighted by Crippen LogP contribution is -2.62. The number of benzene rings is 1. The molecule has 7 heteroatoms. The van der Waals surface area contributed by atoms with Gasteiger partial charge in [0.05, 0.1) is 18.4 Å². The molecule has 1 N–H and O–H groups in total. The van der Waals surface area contributed by atoms with Crippen molar-refractivity contribution in [3.05, 3.63) is 48.3 Å². The Labute approximate surface area is 167 Å². The van der Waals surface area contributed by atoms with Crippen molar-refractivity contribution in [1.82, 2.24) is 29.8 Å². The second kappa shape index (κ2) is 8.75. The van der Waals surface area contributed by atoms with Crippen LogP contribution in [0.25, 0.3) is 5.69 Å². The van der Waals surface area contributed by atoms with Gasteiger partial charge in [-0.3, -0.25) is 14.8 Å². The lowest BCUT2D eigenvalue weighted by atomic mass is 10.1. The molecule has 1 aromatic carbocycles. The van der Waals surface area contributed by atoms with E-state index in [-0.39, 0.29) is 0 Å². The molecule has 3 fully saturated rings. The minimum absolute atomic E-state index is 0.547. The van der Waals surface area contributed by atoms with Gasteiger partial charge in [-0.25, -0.2) is 4.68 Å². The zero-order valence-corrected chi connectivity index (χ0v) is 17.0. The summed E-state index contributed by atoms with van der Waals surface area (Å²) in [6.07, 6.45) is 4.03. The lowest BCUT2D eigenvalue weighted by Gasteiger charge is -2.47. The van der Waals surface area contributed by atoms with E-state index in [2.05, 4.69) is 57.4 Å². The highest BCUT2D eigenvalue weighted by atomic mass is 15.4. The number of para-hydroxylation sites is 1. The van der Waals surface area contributed by atoms with Crippen molar-refractivity contribution >= 4 is 5.96 Å². The maximum absolute atomic E-state index is 4.95. The SMILES string of the molecule is CCNC(=NCC1CN2CCN1CC2)N(C)Cc1cnn(-c2ccccc2)c1. The molecule has 2 aromatic rings. The van der Waals surface area contributed by atoms with Gasteiger partial charge in [-0.15, -0.1) is 0 Å². The van der Waals surface area contributed by atoms with Crippen LogP contribution in [0.4, 0.5) is 0 Å². The van der Waals surface area contributed by atoms with Gasteiger partial charge in [-0.1, -0.05) is 18.2 Å². The quantitative estimate of drug-likeness (QED) is 0.603. The van der Waals surface area contributed by atoms with Crippen molar-refractivity contribution in [2.45, 2.75) is 19.5 Å². The molecule has 7 nitrogen and oxygen atoms in total. The summed E-state index contributed by atoms with van der Waals surface area (Å²) in [4.78, 5) is 12.3. The average molecular weight is 382 g/mol. The van der Waals surface area contributed by atoms with E-state index < -0.39 is 0 Å². The largest absolute Gasteiger partial charge is 0.357 e. The van der Waals surface area contributed by atoms with E-state index in [9.17, 15) is 0 Å². The molecule has 3 aliphatic heterocycles. The normalized spacial score (nSPS) is 24.4. The van der Waals surface area contributed by atoms with E-state index in [0.29, 0.717) is 6.04 Å². The molecule has 1 aromatic heterocycles. The number of nitrogens with zero attached hydrogens (tertiary/aromatic N) is 6. The summed E-state index contributed by atoms with van der Waals surface area (Å²) in [5, 5.41) is 7.95. The Morgan fingerprint density at radius 1 is 1.21 bits per heavy atom. The van der Waals surface area contributed by atoms with Crippen molar-refractivity contribution in [3.63, 3.8) is 0 Å². The number of guanidine groups is 1. The van der Waals surface area contributed by atoms with E-state index in [1.807, 2.05) is 29.1 Å². The smallest absolute Gasteiger partial charge is 0.194 e. The third-order valence-corrected chi connectivity index (χ3v) is 5.62. The highest BCUT2D eigenvalue weighted by Crippen LogP contribution is 2.16. The fraction of sp³-hybridized carbons (Fsp3) is 0.524. The van der Waals surface area contributed by atoms with Crippen LogP contribution in [0, 0.1) is 0 Å². The first-order chi connectivity index (χ1) is 13.7. The molecule has 0 aliphatic carbocycles. The Morgan fingerprint density at radius 3 is 2.68 bits per heavy atom. The number of hydrogen-bond acceptors (Lipinski definition) is 4. The van der Waals surface area contributed by atoms with Gasteiger partial charge >= 0.3 is 0 Å². The van der Waals surface area contributed by atoms with Crippen LogP contribution < -0.4 is 5.32 Å². The summed E-state index contributed by atoms with van der Waals surface area (Å²) in [7, 11) is 2.10. The molecule has 0 spiro atoms. The van der Waals surface area contributed by atoms with E-state index in [0.717, 1.165) is 37.8 Å². The van der Waals surface area contributed by atoms with Crippen LogP contribution in [-0.4, -0.2) is 89.3 Å². The Morgan fingerprint density at radius 2 is 2.00 bits per heavy atom. The summed E-state index contributed by atoms with van der Waals surface area (Å²) in [5.41, 5.74) is 2.25. The summed E-state index contributed by atoms with van der Waals surface area (Å²) in [6, 6.07) is 10.8. The van der Waals surface area contributed by atoms with Crippen molar-refractivity contribution in [2.75, 3.05) is 52.9 Å². The highest BCUT2D eigenvalue weighted by Gasteiger charge is 2.31. The fourth-order valence-corrected chi connectivity index (χ4v) is 4.07. The lowest BCUT2D eigenvalue weighted by molar-refractivity contribution is 0.0173. The molecular formula is C21H31N7. The fourth-order valence-electron chi connectivity index (χ4n) is 4.07. The number of nitrogens with one attached hydrogen (secondary N) is 1. The van der Waals surface area contributed by atoms with Crippen LogP contribution in [0.5, 0.6) is 0 Å². The number of aromatic nitrogens is 2. The second-order valence-corrected chi connectivity index (χ2v) is 7.67. The third-order valence-electron chi connectivity index (χ3n) is 5.62. The van der Waals surface area contributed by atoms with Gasteiger partial charge in [0.2, 0.25) is 0 Å². The molecule has 1 atom stereocenters. The maximum atomic E-state index is 4.95. The van der Waals surface area contributed by atoms with Gasteiger partial charge < -0.3 is 10.2 Å². The zero-order chi connectivity index (χ0) is 19.3. The first-order valence-corrected chi connectivity index (χ1v) is 10.3. The van der Waals surface area contributed by atoms with Crippen LogP contribution in [0.15, 0.2) is 47.7 Å². The molecule has 0 amide bonds. The van der Waals surface area contributed by atoms with E-state index in [4.69, 9.17) is 4.99 Å². The molecule has 0 saturated carbocycles. The van der Waals surface area contributed by atoms with Crippen LogP contribution in [0.3, 0.4) is 0 Å². The van der Waals surface area contributed by atoms with Crippen molar-refractivity contribution in [3.8, 4) is 5.69 Å². The molecule has 4 heterocycles. The molecule has 28 heavy (non-hydrogen) atoms. The minimum atomic E-state index is 0.547. The zero-order valence-electron chi connectivity index (χ0n) is 17.0. The Bertz CT molecular complexity index is 777. The predicted octanol–water partition coefficient (Wildman–Crippen LogP) is 1.27. The molecule has 1 unspecified atom stereocenters. The van der Waals surface area contributed by atoms with Gasteiger partial charge in [0, 0.05) is 70.7 Å². The molecular weight excluding hydrogens is 350 g/mol. The van der Waals surface area contributed by atoms with Crippen LogP contribution >= 0.6 is 0 Å². The van der Waals surface area contributed by atoms with E-state index >= 15 is 0 Å². The predicted molar refractivity (Wildman–Crippen MR) is 113 cm³/mol. The number of rotatable bonds is 6. The highest BCUT2D eigenvalue weighted by molar-refractivity contribution is 5.79. The van der Waals surface area contributed by atoms with Gasteiger partial charge in [-0.05, 0) is 19.1 Å². The molecule has 5 rings (SSSR count). The van der Waals surface area contributed by atoms with E-state index in [1.54, 1.807) is 0 Å². The Balaban J connectivity index is 1.39.